The number of thioether (sulfide) groups is 1. The summed E-state index contributed by atoms with van der Waals surface area (Å²) in [6.07, 6.45) is 8.15. The summed E-state index contributed by atoms with van der Waals surface area (Å²) < 4.78 is 0. The number of hydrogen-bond acceptors (Lipinski definition) is 9. The monoisotopic (exact) mass is 431 g/mol. The van der Waals surface area contributed by atoms with Crippen molar-refractivity contribution in [2.45, 2.75) is 24.9 Å². The minimum absolute atomic E-state index is 0.186. The second-order valence-corrected chi connectivity index (χ2v) is 6.93. The van der Waals surface area contributed by atoms with Crippen LogP contribution in [0.1, 0.15) is 27.4 Å². The average Bonchev–Trinajstić information content (AvgIpc) is 2.76. The van der Waals surface area contributed by atoms with Gasteiger partial charge in [-0.1, -0.05) is 23.4 Å². The molecule has 0 atom stereocenters. The first-order valence-electron chi connectivity index (χ1n) is 8.54. The smallest absolute Gasteiger partial charge is 0.256 e. The molecule has 0 saturated heterocycles. The fourth-order valence-electron chi connectivity index (χ4n) is 2.35. The number of nitrogens with zero attached hydrogens (tertiary/aromatic N) is 5. The van der Waals surface area contributed by atoms with Gasteiger partial charge in [0.2, 0.25) is 0 Å². The maximum atomic E-state index is 12.6. The molecule has 0 spiro atoms. The normalized spacial score (nSPS) is 10.6. The highest BCUT2D eigenvalue weighted by Gasteiger charge is 2.15. The molecule has 0 aromatic carbocycles. The zero-order valence-corrected chi connectivity index (χ0v) is 17.0. The third-order valence-corrected chi connectivity index (χ3v) is 4.69. The number of anilines is 1. The van der Waals surface area contributed by atoms with Crippen molar-refractivity contribution in [1.82, 2.24) is 30.2 Å². The predicted molar refractivity (Wildman–Crippen MR) is 110 cm³/mol. The Bertz CT molecular complexity index is 991. The van der Waals surface area contributed by atoms with E-state index in [9.17, 15) is 9.90 Å². The maximum absolute atomic E-state index is 12.6. The van der Waals surface area contributed by atoms with Gasteiger partial charge in [-0.15, -0.1) is 0 Å². The molecule has 0 radical (unpaired) electrons. The number of nitrogens with one attached hydrogen (secondary N) is 2. The number of pyridine rings is 1. The van der Waals surface area contributed by atoms with Crippen molar-refractivity contribution in [1.29, 1.82) is 0 Å². The minimum Gasteiger partial charge on any atom is -0.390 e. The van der Waals surface area contributed by atoms with Crippen LogP contribution in [-0.4, -0.2) is 42.2 Å². The number of aliphatic hydroxyl groups is 1. The van der Waals surface area contributed by atoms with Gasteiger partial charge in [-0.05, 0) is 24.0 Å². The van der Waals surface area contributed by atoms with Crippen molar-refractivity contribution < 1.29 is 9.90 Å². The van der Waals surface area contributed by atoms with Gasteiger partial charge >= 0.3 is 0 Å². The fourth-order valence-corrected chi connectivity index (χ4v) is 2.93. The van der Waals surface area contributed by atoms with E-state index in [1.807, 2.05) is 6.26 Å². The van der Waals surface area contributed by atoms with Crippen LogP contribution in [0.2, 0.25) is 5.02 Å². The molecular formula is C18H18ClN7O2S. The molecule has 11 heteroatoms. The lowest BCUT2D eigenvalue weighted by molar-refractivity contribution is 0.0949. The lowest BCUT2D eigenvalue weighted by atomic mass is 10.2. The van der Waals surface area contributed by atoms with Crippen molar-refractivity contribution in [3.8, 4) is 0 Å². The topological polar surface area (TPSA) is 126 Å². The van der Waals surface area contributed by atoms with Crippen LogP contribution < -0.4 is 10.6 Å². The van der Waals surface area contributed by atoms with Crippen molar-refractivity contribution in [2.75, 3.05) is 11.6 Å². The summed E-state index contributed by atoms with van der Waals surface area (Å²) in [7, 11) is 0. The molecule has 3 aromatic heterocycles. The Morgan fingerprint density at radius 3 is 2.66 bits per heavy atom. The number of rotatable bonds is 8. The van der Waals surface area contributed by atoms with Crippen molar-refractivity contribution in [3.05, 3.63) is 64.6 Å². The molecule has 0 bridgehead atoms. The van der Waals surface area contributed by atoms with Gasteiger partial charge in [0, 0.05) is 31.3 Å². The molecule has 1 amide bonds. The molecule has 3 rings (SSSR count). The Balaban J connectivity index is 1.74. The summed E-state index contributed by atoms with van der Waals surface area (Å²) in [6.45, 7) is 0.294. The summed E-state index contributed by atoms with van der Waals surface area (Å²) in [6, 6.07) is 3.41. The zero-order valence-electron chi connectivity index (χ0n) is 15.5. The van der Waals surface area contributed by atoms with E-state index in [0.717, 1.165) is 5.56 Å². The average molecular weight is 432 g/mol. The Morgan fingerprint density at radius 1 is 1.17 bits per heavy atom. The number of carbonyl (C=O) groups is 1. The molecule has 3 N–H and O–H groups in total. The SMILES string of the molecule is CSc1ncc(C(=O)NCc2ncccn2)c(NCc2cnc(CO)c(Cl)c2)n1. The van der Waals surface area contributed by atoms with Crippen LogP contribution in [0.15, 0.2) is 42.1 Å². The highest BCUT2D eigenvalue weighted by molar-refractivity contribution is 7.98. The molecule has 150 valence electrons. The highest BCUT2D eigenvalue weighted by Crippen LogP contribution is 2.19. The summed E-state index contributed by atoms with van der Waals surface area (Å²) in [5.41, 5.74) is 1.48. The van der Waals surface area contributed by atoms with Crippen LogP contribution in [0.5, 0.6) is 0 Å². The largest absolute Gasteiger partial charge is 0.390 e. The van der Waals surface area contributed by atoms with Crippen molar-refractivity contribution >= 4 is 35.1 Å². The lowest BCUT2D eigenvalue weighted by Crippen LogP contribution is -2.25. The first-order chi connectivity index (χ1) is 14.1. The van der Waals surface area contributed by atoms with E-state index in [1.165, 1.54) is 18.0 Å². The molecule has 0 aliphatic rings. The van der Waals surface area contributed by atoms with E-state index in [1.54, 1.807) is 30.7 Å². The van der Waals surface area contributed by atoms with E-state index in [0.29, 0.717) is 39.6 Å². The molecule has 0 aliphatic carbocycles. The quantitative estimate of drug-likeness (QED) is 0.363. The Labute approximate surface area is 176 Å². The molecule has 29 heavy (non-hydrogen) atoms. The number of amides is 1. The summed E-state index contributed by atoms with van der Waals surface area (Å²) in [5.74, 6) is 0.541. The van der Waals surface area contributed by atoms with E-state index in [-0.39, 0.29) is 19.1 Å². The Hall–Kier alpha value is -2.82. The van der Waals surface area contributed by atoms with Crippen LogP contribution >= 0.6 is 23.4 Å². The third-order valence-electron chi connectivity index (χ3n) is 3.80. The van der Waals surface area contributed by atoms with Crippen LogP contribution in [-0.2, 0) is 19.7 Å². The molecule has 0 fully saturated rings. The van der Waals surface area contributed by atoms with E-state index in [2.05, 4.69) is 35.6 Å². The number of aromatic nitrogens is 5. The standard InChI is InChI=1S/C18H18ClN7O2S/c1-29-18-25-8-12(17(28)24-9-15-20-3-2-4-21-15)16(26-18)23-7-11-5-13(19)14(10-27)22-6-11/h2-6,8,27H,7,9-10H2,1H3,(H,24,28)(H,23,25,26). The van der Waals surface area contributed by atoms with Gasteiger partial charge < -0.3 is 15.7 Å². The van der Waals surface area contributed by atoms with Gasteiger partial charge in [-0.2, -0.15) is 0 Å². The summed E-state index contributed by atoms with van der Waals surface area (Å²) >= 11 is 7.45. The van der Waals surface area contributed by atoms with Gasteiger partial charge in [-0.25, -0.2) is 19.9 Å². The summed E-state index contributed by atoms with van der Waals surface area (Å²) in [4.78, 5) is 33.5. The summed E-state index contributed by atoms with van der Waals surface area (Å²) in [5, 5.41) is 16.0. The Morgan fingerprint density at radius 2 is 1.97 bits per heavy atom. The van der Waals surface area contributed by atoms with Crippen LogP contribution in [0.3, 0.4) is 0 Å². The van der Waals surface area contributed by atoms with Gasteiger partial charge in [0.1, 0.15) is 17.2 Å². The van der Waals surface area contributed by atoms with Crippen LogP contribution in [0.4, 0.5) is 5.82 Å². The van der Waals surface area contributed by atoms with E-state index >= 15 is 0 Å². The number of aliphatic hydroxyl groups excluding tert-OH is 1. The third kappa shape index (κ3) is 5.59. The molecule has 3 aromatic rings. The number of halogens is 1. The van der Waals surface area contributed by atoms with Crippen molar-refractivity contribution in [2.24, 2.45) is 0 Å². The second kappa shape index (κ2) is 10.1. The second-order valence-electron chi connectivity index (χ2n) is 5.75. The van der Waals surface area contributed by atoms with Gasteiger partial charge in [0.05, 0.1) is 23.9 Å². The first-order valence-corrected chi connectivity index (χ1v) is 10.1. The lowest BCUT2D eigenvalue weighted by Gasteiger charge is -2.12. The van der Waals surface area contributed by atoms with Gasteiger partial charge in [-0.3, -0.25) is 9.78 Å². The fraction of sp³-hybridized carbons (Fsp3) is 0.222. The first kappa shape index (κ1) is 20.9. The zero-order chi connectivity index (χ0) is 20.6. The van der Waals surface area contributed by atoms with E-state index in [4.69, 9.17) is 11.6 Å². The van der Waals surface area contributed by atoms with Crippen LogP contribution in [0.25, 0.3) is 0 Å². The molecule has 9 nitrogen and oxygen atoms in total. The Kier molecular flexibility index (Phi) is 7.28. The van der Waals surface area contributed by atoms with Crippen molar-refractivity contribution in [3.63, 3.8) is 0 Å². The van der Waals surface area contributed by atoms with Gasteiger partial charge in [0.25, 0.3) is 5.91 Å². The number of hydrogen-bond donors (Lipinski definition) is 3. The van der Waals surface area contributed by atoms with Crippen LogP contribution in [0, 0.1) is 0 Å². The predicted octanol–water partition coefficient (Wildman–Crippen LogP) is 2.07. The molecule has 0 aliphatic heterocycles. The molecule has 3 heterocycles. The number of carbonyl (C=O) groups excluding carboxylic acids is 1. The maximum Gasteiger partial charge on any atom is 0.256 e. The highest BCUT2D eigenvalue weighted by atomic mass is 35.5. The molecular weight excluding hydrogens is 414 g/mol. The van der Waals surface area contributed by atoms with E-state index < -0.39 is 0 Å². The molecule has 0 unspecified atom stereocenters. The van der Waals surface area contributed by atoms with Gasteiger partial charge in [0.15, 0.2) is 5.16 Å². The molecule has 0 saturated carbocycles. The minimum atomic E-state index is -0.348.